The Balaban J connectivity index is 2.03. The minimum atomic E-state index is 0.362. The Hall–Kier alpha value is -2.78. The molecule has 3 nitrogen and oxygen atoms in total. The van der Waals surface area contributed by atoms with Crippen LogP contribution < -0.4 is 4.74 Å². The van der Waals surface area contributed by atoms with Crippen molar-refractivity contribution in [2.45, 2.75) is 13.0 Å². The van der Waals surface area contributed by atoms with E-state index in [1.807, 2.05) is 42.5 Å². The van der Waals surface area contributed by atoms with Gasteiger partial charge in [0.2, 0.25) is 0 Å². The number of ether oxygens (including phenoxy) is 1. The van der Waals surface area contributed by atoms with Crippen LogP contribution in [0.1, 0.15) is 16.7 Å². The Bertz CT molecular complexity index is 633. The van der Waals surface area contributed by atoms with Crippen LogP contribution in [0.25, 0.3) is 0 Å². The topological polar surface area (TPSA) is 56.8 Å². The van der Waals surface area contributed by atoms with E-state index >= 15 is 0 Å². The quantitative estimate of drug-likeness (QED) is 0.834. The van der Waals surface area contributed by atoms with Gasteiger partial charge in [-0.05, 0) is 23.8 Å². The Morgan fingerprint density at radius 2 is 1.68 bits per heavy atom. The summed E-state index contributed by atoms with van der Waals surface area (Å²) >= 11 is 0. The number of hydrogen-bond donors (Lipinski definition) is 0. The zero-order valence-corrected chi connectivity index (χ0v) is 10.3. The summed E-state index contributed by atoms with van der Waals surface area (Å²) in [6.45, 7) is 0.362. The summed E-state index contributed by atoms with van der Waals surface area (Å²) in [5, 5.41) is 17.6. The van der Waals surface area contributed by atoms with Gasteiger partial charge in [0.25, 0.3) is 0 Å². The molecule has 0 aromatic heterocycles. The molecule has 92 valence electrons. The molecule has 0 heterocycles. The van der Waals surface area contributed by atoms with E-state index < -0.39 is 0 Å². The average Bonchev–Trinajstić information content (AvgIpc) is 2.47. The second-order valence-corrected chi connectivity index (χ2v) is 4.04. The molecule has 0 atom stereocenters. The molecule has 0 radical (unpaired) electrons. The molecule has 0 aliphatic rings. The van der Waals surface area contributed by atoms with Crippen molar-refractivity contribution in [3.05, 3.63) is 65.2 Å². The maximum absolute atomic E-state index is 8.97. The van der Waals surface area contributed by atoms with Gasteiger partial charge >= 0.3 is 0 Å². The molecule has 19 heavy (non-hydrogen) atoms. The van der Waals surface area contributed by atoms with Crippen LogP contribution in [0.2, 0.25) is 0 Å². The fraction of sp³-hybridized carbons (Fsp3) is 0.125. The molecule has 2 aromatic rings. The summed E-state index contributed by atoms with van der Waals surface area (Å²) in [5.41, 5.74) is 2.46. The zero-order valence-electron chi connectivity index (χ0n) is 10.3. The number of hydrogen-bond acceptors (Lipinski definition) is 3. The lowest BCUT2D eigenvalue weighted by Crippen LogP contribution is -1.98. The maximum atomic E-state index is 8.97. The largest absolute Gasteiger partial charge is 0.489 e. The summed E-state index contributed by atoms with van der Waals surface area (Å²) < 4.78 is 5.63. The number of nitrogens with zero attached hydrogens (tertiary/aromatic N) is 2. The Kier molecular flexibility index (Phi) is 4.16. The minimum Gasteiger partial charge on any atom is -0.489 e. The molecular weight excluding hydrogens is 236 g/mol. The monoisotopic (exact) mass is 248 g/mol. The maximum Gasteiger partial charge on any atom is 0.119 e. The van der Waals surface area contributed by atoms with Crippen LogP contribution in [0.3, 0.4) is 0 Å². The number of benzene rings is 2. The fourth-order valence-corrected chi connectivity index (χ4v) is 1.71. The first-order chi connectivity index (χ1) is 9.33. The Labute approximate surface area is 112 Å². The Morgan fingerprint density at radius 3 is 2.37 bits per heavy atom. The van der Waals surface area contributed by atoms with Crippen molar-refractivity contribution in [2.75, 3.05) is 0 Å². The first kappa shape index (κ1) is 12.7. The van der Waals surface area contributed by atoms with E-state index in [0.717, 1.165) is 16.9 Å². The molecule has 0 saturated carbocycles. The zero-order chi connectivity index (χ0) is 13.5. The number of rotatable bonds is 4. The first-order valence-electron chi connectivity index (χ1n) is 5.90. The standard InChI is InChI=1S/C16H12N2O/c17-10-9-13-5-7-16(8-6-13)19-12-15-4-2-1-3-14(15)11-18/h1-8H,9,12H2. The van der Waals surface area contributed by atoms with Crippen molar-refractivity contribution in [3.8, 4) is 17.9 Å². The summed E-state index contributed by atoms with van der Waals surface area (Å²) in [5.74, 6) is 0.731. The molecule has 0 aliphatic carbocycles. The minimum absolute atomic E-state index is 0.362. The van der Waals surface area contributed by atoms with E-state index in [4.69, 9.17) is 15.3 Å². The molecule has 0 spiro atoms. The van der Waals surface area contributed by atoms with E-state index in [1.54, 1.807) is 6.07 Å². The van der Waals surface area contributed by atoms with Crippen LogP contribution in [-0.2, 0) is 13.0 Å². The normalized spacial score (nSPS) is 9.37. The third-order valence-electron chi connectivity index (χ3n) is 2.74. The summed E-state index contributed by atoms with van der Waals surface area (Å²) in [6, 6.07) is 19.0. The molecule has 3 heteroatoms. The highest BCUT2D eigenvalue weighted by molar-refractivity contribution is 5.37. The van der Waals surface area contributed by atoms with Crippen LogP contribution >= 0.6 is 0 Å². The van der Waals surface area contributed by atoms with Crippen LogP contribution in [-0.4, -0.2) is 0 Å². The predicted molar refractivity (Wildman–Crippen MR) is 71.2 cm³/mol. The van der Waals surface area contributed by atoms with Gasteiger partial charge < -0.3 is 4.74 Å². The van der Waals surface area contributed by atoms with Gasteiger partial charge in [-0.15, -0.1) is 0 Å². The average molecular weight is 248 g/mol. The molecule has 2 rings (SSSR count). The summed E-state index contributed by atoms with van der Waals surface area (Å²) in [4.78, 5) is 0. The third-order valence-corrected chi connectivity index (χ3v) is 2.74. The van der Waals surface area contributed by atoms with Crippen molar-refractivity contribution in [1.29, 1.82) is 10.5 Å². The van der Waals surface area contributed by atoms with Gasteiger partial charge in [-0.1, -0.05) is 30.3 Å². The van der Waals surface area contributed by atoms with E-state index in [1.165, 1.54) is 0 Å². The van der Waals surface area contributed by atoms with E-state index in [2.05, 4.69) is 12.1 Å². The van der Waals surface area contributed by atoms with Gasteiger partial charge in [0.1, 0.15) is 12.4 Å². The molecule has 0 fully saturated rings. The molecule has 2 aromatic carbocycles. The van der Waals surface area contributed by atoms with Crippen LogP contribution in [0.5, 0.6) is 5.75 Å². The second-order valence-electron chi connectivity index (χ2n) is 4.04. The second kappa shape index (κ2) is 6.23. The third kappa shape index (κ3) is 3.34. The Morgan fingerprint density at radius 1 is 0.947 bits per heavy atom. The van der Waals surface area contributed by atoms with Crippen LogP contribution in [0, 0.1) is 22.7 Å². The SMILES string of the molecule is N#CCc1ccc(OCc2ccccc2C#N)cc1. The number of nitriles is 2. The lowest BCUT2D eigenvalue weighted by Gasteiger charge is -2.07. The highest BCUT2D eigenvalue weighted by Gasteiger charge is 2.02. The van der Waals surface area contributed by atoms with Gasteiger partial charge in [-0.25, -0.2) is 0 Å². The van der Waals surface area contributed by atoms with Crippen molar-refractivity contribution in [3.63, 3.8) is 0 Å². The molecular formula is C16H12N2O. The lowest BCUT2D eigenvalue weighted by atomic mass is 10.1. The highest BCUT2D eigenvalue weighted by atomic mass is 16.5. The highest BCUT2D eigenvalue weighted by Crippen LogP contribution is 2.16. The fourth-order valence-electron chi connectivity index (χ4n) is 1.71. The van der Waals surface area contributed by atoms with E-state index in [0.29, 0.717) is 18.6 Å². The first-order valence-corrected chi connectivity index (χ1v) is 5.90. The van der Waals surface area contributed by atoms with Crippen LogP contribution in [0.15, 0.2) is 48.5 Å². The van der Waals surface area contributed by atoms with E-state index in [-0.39, 0.29) is 0 Å². The van der Waals surface area contributed by atoms with Crippen LogP contribution in [0.4, 0.5) is 0 Å². The molecule has 0 amide bonds. The molecule has 0 unspecified atom stereocenters. The van der Waals surface area contributed by atoms with Crippen molar-refractivity contribution < 1.29 is 4.74 Å². The van der Waals surface area contributed by atoms with Crippen molar-refractivity contribution >= 4 is 0 Å². The smallest absolute Gasteiger partial charge is 0.119 e. The van der Waals surface area contributed by atoms with Gasteiger partial charge in [0.15, 0.2) is 0 Å². The lowest BCUT2D eigenvalue weighted by molar-refractivity contribution is 0.306. The van der Waals surface area contributed by atoms with Crippen molar-refractivity contribution in [1.82, 2.24) is 0 Å². The summed E-state index contributed by atoms with van der Waals surface area (Å²) in [6.07, 6.45) is 0.400. The van der Waals surface area contributed by atoms with Gasteiger partial charge in [0, 0.05) is 5.56 Å². The molecule has 0 aliphatic heterocycles. The molecule has 0 N–H and O–H groups in total. The van der Waals surface area contributed by atoms with Crippen molar-refractivity contribution in [2.24, 2.45) is 0 Å². The predicted octanol–water partition coefficient (Wildman–Crippen LogP) is 3.20. The molecule has 0 bridgehead atoms. The van der Waals surface area contributed by atoms with Gasteiger partial charge in [0.05, 0.1) is 24.1 Å². The molecule has 0 saturated heterocycles. The van der Waals surface area contributed by atoms with Gasteiger partial charge in [-0.3, -0.25) is 0 Å². The summed E-state index contributed by atoms with van der Waals surface area (Å²) in [7, 11) is 0. The van der Waals surface area contributed by atoms with E-state index in [9.17, 15) is 0 Å². The van der Waals surface area contributed by atoms with Gasteiger partial charge in [-0.2, -0.15) is 10.5 Å².